The van der Waals surface area contributed by atoms with Crippen LogP contribution in [0.25, 0.3) is 0 Å². The Morgan fingerprint density at radius 1 is 1.33 bits per heavy atom. The Hall–Kier alpha value is -1.57. The van der Waals surface area contributed by atoms with E-state index in [9.17, 15) is 4.39 Å². The third-order valence-corrected chi connectivity index (χ3v) is 5.09. The summed E-state index contributed by atoms with van der Waals surface area (Å²) >= 11 is 1.54. The maximum atomic E-state index is 13.8. The number of hydrogen-bond donors (Lipinski definition) is 0. The summed E-state index contributed by atoms with van der Waals surface area (Å²) in [6.45, 7) is 3.28. The van der Waals surface area contributed by atoms with Crippen LogP contribution in [0.5, 0.6) is 0 Å². The van der Waals surface area contributed by atoms with E-state index in [1.54, 1.807) is 24.8 Å². The molecular weight excluding hydrogens is 327 g/mol. The Bertz CT molecular complexity index is 644. The molecule has 2 aromatic rings. The van der Waals surface area contributed by atoms with Gasteiger partial charge in [-0.2, -0.15) is 0 Å². The SMILES string of the molecule is COC1CCN(c2ccc(F)cc2CN(C)Cc2nncs2)CC1. The molecule has 0 spiro atoms. The Balaban J connectivity index is 1.71. The van der Waals surface area contributed by atoms with Gasteiger partial charge < -0.3 is 9.64 Å². The fraction of sp³-hybridized carbons (Fsp3) is 0.529. The van der Waals surface area contributed by atoms with Crippen LogP contribution in [0.15, 0.2) is 23.7 Å². The van der Waals surface area contributed by atoms with E-state index in [0.29, 0.717) is 19.2 Å². The minimum atomic E-state index is -0.190. The molecule has 1 saturated heterocycles. The number of anilines is 1. The molecule has 5 nitrogen and oxygen atoms in total. The molecular formula is C17H23FN4OS. The number of ether oxygens (including phenoxy) is 1. The lowest BCUT2D eigenvalue weighted by molar-refractivity contribution is 0.0818. The van der Waals surface area contributed by atoms with E-state index in [0.717, 1.165) is 42.2 Å². The third kappa shape index (κ3) is 4.28. The van der Waals surface area contributed by atoms with Gasteiger partial charge in [0.05, 0.1) is 12.6 Å². The van der Waals surface area contributed by atoms with Crippen LogP contribution in [0.4, 0.5) is 10.1 Å². The summed E-state index contributed by atoms with van der Waals surface area (Å²) in [5.74, 6) is -0.190. The van der Waals surface area contributed by atoms with E-state index in [-0.39, 0.29) is 5.82 Å². The summed E-state index contributed by atoms with van der Waals surface area (Å²) < 4.78 is 19.2. The Morgan fingerprint density at radius 2 is 2.12 bits per heavy atom. The van der Waals surface area contributed by atoms with Crippen LogP contribution >= 0.6 is 11.3 Å². The summed E-state index contributed by atoms with van der Waals surface area (Å²) in [7, 11) is 3.79. The lowest BCUT2D eigenvalue weighted by atomic mass is 10.0. The van der Waals surface area contributed by atoms with Gasteiger partial charge >= 0.3 is 0 Å². The molecule has 0 unspecified atom stereocenters. The topological polar surface area (TPSA) is 41.5 Å². The van der Waals surface area contributed by atoms with E-state index in [2.05, 4.69) is 20.0 Å². The summed E-state index contributed by atoms with van der Waals surface area (Å²) in [6.07, 6.45) is 2.35. The molecule has 1 fully saturated rings. The van der Waals surface area contributed by atoms with Gasteiger partial charge in [-0.25, -0.2) is 4.39 Å². The highest BCUT2D eigenvalue weighted by molar-refractivity contribution is 7.09. The number of methoxy groups -OCH3 is 1. The Morgan fingerprint density at radius 3 is 2.79 bits per heavy atom. The summed E-state index contributed by atoms with van der Waals surface area (Å²) in [5.41, 5.74) is 3.87. The molecule has 0 N–H and O–H groups in total. The molecule has 0 aliphatic carbocycles. The second-order valence-electron chi connectivity index (χ2n) is 6.20. The molecule has 24 heavy (non-hydrogen) atoms. The first kappa shape index (κ1) is 17.3. The molecule has 3 rings (SSSR count). The predicted octanol–water partition coefficient (Wildman–Crippen LogP) is 2.92. The molecule has 1 aliphatic heterocycles. The van der Waals surface area contributed by atoms with Crippen molar-refractivity contribution in [3.8, 4) is 0 Å². The van der Waals surface area contributed by atoms with E-state index in [1.807, 2.05) is 13.1 Å². The molecule has 0 saturated carbocycles. The zero-order valence-electron chi connectivity index (χ0n) is 14.1. The zero-order chi connectivity index (χ0) is 16.9. The monoisotopic (exact) mass is 350 g/mol. The first-order chi connectivity index (χ1) is 11.7. The molecule has 130 valence electrons. The van der Waals surface area contributed by atoms with Gasteiger partial charge in [-0.15, -0.1) is 21.5 Å². The summed E-state index contributed by atoms with van der Waals surface area (Å²) in [6, 6.07) is 5.09. The highest BCUT2D eigenvalue weighted by Crippen LogP contribution is 2.27. The molecule has 1 aromatic carbocycles. The highest BCUT2D eigenvalue weighted by Gasteiger charge is 2.21. The molecule has 2 heterocycles. The van der Waals surface area contributed by atoms with Crippen LogP contribution in [-0.4, -0.2) is 48.4 Å². The van der Waals surface area contributed by atoms with Gasteiger partial charge in [0.25, 0.3) is 0 Å². The lowest BCUT2D eigenvalue weighted by Gasteiger charge is -2.34. The van der Waals surface area contributed by atoms with Gasteiger partial charge in [0, 0.05) is 32.4 Å². The van der Waals surface area contributed by atoms with Crippen molar-refractivity contribution in [2.24, 2.45) is 0 Å². The maximum absolute atomic E-state index is 13.8. The minimum absolute atomic E-state index is 0.190. The van der Waals surface area contributed by atoms with Crippen molar-refractivity contribution in [3.05, 3.63) is 40.1 Å². The quantitative estimate of drug-likeness (QED) is 0.801. The van der Waals surface area contributed by atoms with E-state index in [1.165, 1.54) is 11.3 Å². The number of piperidine rings is 1. The van der Waals surface area contributed by atoms with Crippen LogP contribution < -0.4 is 4.90 Å². The number of hydrogen-bond acceptors (Lipinski definition) is 6. The summed E-state index contributed by atoms with van der Waals surface area (Å²) in [4.78, 5) is 4.48. The second kappa shape index (κ2) is 8.00. The van der Waals surface area contributed by atoms with Gasteiger partial charge in [0.15, 0.2) is 0 Å². The van der Waals surface area contributed by atoms with Crippen LogP contribution in [0.1, 0.15) is 23.4 Å². The van der Waals surface area contributed by atoms with Crippen molar-refractivity contribution in [2.75, 3.05) is 32.1 Å². The largest absolute Gasteiger partial charge is 0.381 e. The molecule has 0 bridgehead atoms. The van der Waals surface area contributed by atoms with Crippen molar-refractivity contribution in [2.45, 2.75) is 32.0 Å². The van der Waals surface area contributed by atoms with Crippen molar-refractivity contribution >= 4 is 17.0 Å². The van der Waals surface area contributed by atoms with Crippen LogP contribution in [0, 0.1) is 5.82 Å². The van der Waals surface area contributed by atoms with Crippen molar-refractivity contribution in [3.63, 3.8) is 0 Å². The fourth-order valence-corrected chi connectivity index (χ4v) is 3.77. The van der Waals surface area contributed by atoms with Crippen LogP contribution in [-0.2, 0) is 17.8 Å². The lowest BCUT2D eigenvalue weighted by Crippen LogP contribution is -2.37. The van der Waals surface area contributed by atoms with E-state index in [4.69, 9.17) is 4.74 Å². The molecule has 1 aliphatic rings. The average Bonchev–Trinajstić information content (AvgIpc) is 3.08. The van der Waals surface area contributed by atoms with Gasteiger partial charge in [-0.1, -0.05) is 0 Å². The van der Waals surface area contributed by atoms with E-state index < -0.39 is 0 Å². The first-order valence-corrected chi connectivity index (χ1v) is 9.03. The van der Waals surface area contributed by atoms with Crippen molar-refractivity contribution in [1.29, 1.82) is 0 Å². The molecule has 1 aromatic heterocycles. The van der Waals surface area contributed by atoms with Gasteiger partial charge in [0.2, 0.25) is 0 Å². The maximum Gasteiger partial charge on any atom is 0.131 e. The Kier molecular flexibility index (Phi) is 5.76. The van der Waals surface area contributed by atoms with Gasteiger partial charge in [0.1, 0.15) is 16.3 Å². The van der Waals surface area contributed by atoms with Crippen LogP contribution in [0.3, 0.4) is 0 Å². The average molecular weight is 350 g/mol. The predicted molar refractivity (Wildman–Crippen MR) is 93.7 cm³/mol. The van der Waals surface area contributed by atoms with Gasteiger partial charge in [-0.3, -0.25) is 4.90 Å². The minimum Gasteiger partial charge on any atom is -0.381 e. The van der Waals surface area contributed by atoms with Crippen molar-refractivity contribution < 1.29 is 9.13 Å². The van der Waals surface area contributed by atoms with Crippen LogP contribution in [0.2, 0.25) is 0 Å². The highest BCUT2D eigenvalue weighted by atomic mass is 32.1. The van der Waals surface area contributed by atoms with Gasteiger partial charge in [-0.05, 0) is 43.7 Å². The molecule has 7 heteroatoms. The number of aromatic nitrogens is 2. The molecule has 0 amide bonds. The number of rotatable bonds is 6. The smallest absolute Gasteiger partial charge is 0.131 e. The normalized spacial score (nSPS) is 16.1. The number of halogens is 1. The number of benzene rings is 1. The third-order valence-electron chi connectivity index (χ3n) is 4.41. The standard InChI is InChI=1S/C17H23FN4OS/c1-21(11-17-20-19-12-24-17)10-13-9-14(18)3-4-16(13)22-7-5-15(23-2)6-8-22/h3-4,9,12,15H,5-8,10-11H2,1-2H3. The summed E-state index contributed by atoms with van der Waals surface area (Å²) in [5, 5.41) is 8.91. The molecule has 0 radical (unpaired) electrons. The first-order valence-electron chi connectivity index (χ1n) is 8.15. The zero-order valence-corrected chi connectivity index (χ0v) is 14.9. The fourth-order valence-electron chi connectivity index (χ4n) is 3.16. The Labute approximate surface area is 146 Å². The molecule has 0 atom stereocenters. The van der Waals surface area contributed by atoms with Crippen molar-refractivity contribution in [1.82, 2.24) is 15.1 Å². The second-order valence-corrected chi connectivity index (χ2v) is 7.12. The van der Waals surface area contributed by atoms with E-state index >= 15 is 0 Å². The number of nitrogens with zero attached hydrogens (tertiary/aromatic N) is 4.